The van der Waals surface area contributed by atoms with Crippen LogP contribution >= 0.6 is 11.8 Å². The maximum absolute atomic E-state index is 3.83. The topological polar surface area (TPSA) is 12.0 Å². The molecule has 19 heavy (non-hydrogen) atoms. The van der Waals surface area contributed by atoms with Gasteiger partial charge in [0.05, 0.1) is 0 Å². The van der Waals surface area contributed by atoms with E-state index in [1.54, 1.807) is 0 Å². The number of hydrogen-bond donors (Lipinski definition) is 1. The standard InChI is InChI=1S/C17H27NS/c1-14(2)12-16(15-8-5-4-6-9-15)18-13-17(3)10-7-11-19-17/h4-6,8-9,14,16,18H,7,10-13H2,1-3H3. The lowest BCUT2D eigenvalue weighted by Crippen LogP contribution is -2.35. The first-order valence-corrected chi connectivity index (χ1v) is 8.50. The summed E-state index contributed by atoms with van der Waals surface area (Å²) in [5.74, 6) is 2.06. The van der Waals surface area contributed by atoms with Crippen molar-refractivity contribution in [3.63, 3.8) is 0 Å². The van der Waals surface area contributed by atoms with Gasteiger partial charge in [-0.3, -0.25) is 0 Å². The lowest BCUT2D eigenvalue weighted by atomic mass is 9.96. The van der Waals surface area contributed by atoms with Crippen LogP contribution < -0.4 is 5.32 Å². The fourth-order valence-electron chi connectivity index (χ4n) is 2.81. The summed E-state index contributed by atoms with van der Waals surface area (Å²) in [4.78, 5) is 0. The highest BCUT2D eigenvalue weighted by atomic mass is 32.2. The van der Waals surface area contributed by atoms with Crippen molar-refractivity contribution >= 4 is 11.8 Å². The third kappa shape index (κ3) is 4.54. The second-order valence-electron chi connectivity index (χ2n) is 6.38. The molecule has 2 rings (SSSR count). The molecule has 1 nitrogen and oxygen atoms in total. The van der Waals surface area contributed by atoms with Gasteiger partial charge in [-0.15, -0.1) is 0 Å². The average Bonchev–Trinajstić information content (AvgIpc) is 2.83. The van der Waals surface area contributed by atoms with Crippen LogP contribution in [0.5, 0.6) is 0 Å². The third-order valence-corrected chi connectivity index (χ3v) is 5.47. The van der Waals surface area contributed by atoms with Crippen LogP contribution in [0.3, 0.4) is 0 Å². The van der Waals surface area contributed by atoms with E-state index >= 15 is 0 Å². The van der Waals surface area contributed by atoms with Crippen LogP contribution in [0.15, 0.2) is 30.3 Å². The fraction of sp³-hybridized carbons (Fsp3) is 0.647. The van der Waals surface area contributed by atoms with E-state index in [9.17, 15) is 0 Å². The average molecular weight is 277 g/mol. The van der Waals surface area contributed by atoms with Gasteiger partial charge in [0.25, 0.3) is 0 Å². The van der Waals surface area contributed by atoms with Crippen molar-refractivity contribution in [2.24, 2.45) is 5.92 Å². The van der Waals surface area contributed by atoms with Gasteiger partial charge in [0.2, 0.25) is 0 Å². The highest BCUT2D eigenvalue weighted by molar-refractivity contribution is 8.00. The Morgan fingerprint density at radius 1 is 1.26 bits per heavy atom. The predicted molar refractivity (Wildman–Crippen MR) is 86.7 cm³/mol. The van der Waals surface area contributed by atoms with Gasteiger partial charge < -0.3 is 5.32 Å². The minimum absolute atomic E-state index is 0.448. The molecule has 0 spiro atoms. The van der Waals surface area contributed by atoms with Gasteiger partial charge in [0, 0.05) is 17.3 Å². The molecule has 2 atom stereocenters. The molecule has 0 aliphatic carbocycles. The molecule has 2 heteroatoms. The van der Waals surface area contributed by atoms with Crippen LogP contribution in [-0.4, -0.2) is 17.0 Å². The Balaban J connectivity index is 1.98. The van der Waals surface area contributed by atoms with Gasteiger partial charge in [0.15, 0.2) is 0 Å². The summed E-state index contributed by atoms with van der Waals surface area (Å²) in [5.41, 5.74) is 1.43. The molecule has 1 N–H and O–H groups in total. The SMILES string of the molecule is CC(C)CC(NCC1(C)CCCS1)c1ccccc1. The summed E-state index contributed by atoms with van der Waals surface area (Å²) in [6.07, 6.45) is 3.95. The van der Waals surface area contributed by atoms with Crippen molar-refractivity contribution in [2.45, 2.75) is 50.8 Å². The molecule has 1 heterocycles. The first kappa shape index (κ1) is 14.9. The normalized spacial score (nSPS) is 24.8. The van der Waals surface area contributed by atoms with Crippen molar-refractivity contribution in [3.8, 4) is 0 Å². The van der Waals surface area contributed by atoms with E-state index < -0.39 is 0 Å². The summed E-state index contributed by atoms with van der Waals surface area (Å²) in [6.45, 7) is 8.16. The van der Waals surface area contributed by atoms with Crippen molar-refractivity contribution in [1.82, 2.24) is 5.32 Å². The number of thioether (sulfide) groups is 1. The molecular weight excluding hydrogens is 250 g/mol. The van der Waals surface area contributed by atoms with E-state index in [0.717, 1.165) is 12.5 Å². The van der Waals surface area contributed by atoms with E-state index in [1.165, 1.54) is 30.6 Å². The fourth-order valence-corrected chi connectivity index (χ4v) is 4.06. The number of nitrogens with one attached hydrogen (secondary N) is 1. The Morgan fingerprint density at radius 3 is 2.58 bits per heavy atom. The van der Waals surface area contributed by atoms with E-state index in [0.29, 0.717) is 10.8 Å². The van der Waals surface area contributed by atoms with Gasteiger partial charge >= 0.3 is 0 Å². The van der Waals surface area contributed by atoms with Crippen LogP contribution in [-0.2, 0) is 0 Å². The molecule has 0 saturated carbocycles. The van der Waals surface area contributed by atoms with Crippen LogP contribution in [0.4, 0.5) is 0 Å². The molecule has 1 aliphatic heterocycles. The molecule has 0 amide bonds. The number of hydrogen-bond acceptors (Lipinski definition) is 2. The Morgan fingerprint density at radius 2 is 2.00 bits per heavy atom. The molecule has 1 fully saturated rings. The molecule has 0 bridgehead atoms. The van der Waals surface area contributed by atoms with E-state index in [-0.39, 0.29) is 0 Å². The Bertz CT molecular complexity index is 368. The van der Waals surface area contributed by atoms with Crippen LogP contribution in [0.1, 0.15) is 51.6 Å². The van der Waals surface area contributed by atoms with E-state index in [1.807, 2.05) is 0 Å². The summed E-state index contributed by atoms with van der Waals surface area (Å²) in [5, 5.41) is 3.83. The molecule has 1 aliphatic rings. The molecule has 0 aromatic heterocycles. The van der Waals surface area contributed by atoms with E-state index in [4.69, 9.17) is 0 Å². The molecule has 1 aromatic rings. The van der Waals surface area contributed by atoms with Crippen LogP contribution in [0.2, 0.25) is 0 Å². The number of benzene rings is 1. The van der Waals surface area contributed by atoms with E-state index in [2.05, 4.69) is 68.2 Å². The summed E-state index contributed by atoms with van der Waals surface area (Å²) in [7, 11) is 0. The minimum atomic E-state index is 0.448. The van der Waals surface area contributed by atoms with Crippen molar-refractivity contribution in [1.29, 1.82) is 0 Å². The zero-order valence-corrected chi connectivity index (χ0v) is 13.3. The quantitative estimate of drug-likeness (QED) is 0.812. The first-order chi connectivity index (χ1) is 9.09. The second-order valence-corrected chi connectivity index (χ2v) is 8.06. The Hall–Kier alpha value is -0.470. The van der Waals surface area contributed by atoms with Gasteiger partial charge in [-0.25, -0.2) is 0 Å². The highest BCUT2D eigenvalue weighted by Crippen LogP contribution is 2.37. The van der Waals surface area contributed by atoms with Gasteiger partial charge in [-0.1, -0.05) is 44.2 Å². The maximum atomic E-state index is 3.83. The van der Waals surface area contributed by atoms with Crippen molar-refractivity contribution in [3.05, 3.63) is 35.9 Å². The predicted octanol–water partition coefficient (Wildman–Crippen LogP) is 4.65. The zero-order valence-electron chi connectivity index (χ0n) is 12.5. The molecule has 2 unspecified atom stereocenters. The van der Waals surface area contributed by atoms with Crippen LogP contribution in [0, 0.1) is 5.92 Å². The van der Waals surface area contributed by atoms with Crippen molar-refractivity contribution < 1.29 is 0 Å². The number of rotatable bonds is 6. The smallest absolute Gasteiger partial charge is 0.0323 e. The van der Waals surface area contributed by atoms with Gasteiger partial charge in [-0.2, -0.15) is 11.8 Å². The lowest BCUT2D eigenvalue weighted by molar-refractivity contribution is 0.406. The van der Waals surface area contributed by atoms with Crippen molar-refractivity contribution in [2.75, 3.05) is 12.3 Å². The van der Waals surface area contributed by atoms with Gasteiger partial charge in [0.1, 0.15) is 0 Å². The molecule has 0 radical (unpaired) electrons. The monoisotopic (exact) mass is 277 g/mol. The van der Waals surface area contributed by atoms with Crippen LogP contribution in [0.25, 0.3) is 0 Å². The summed E-state index contributed by atoms with van der Waals surface area (Å²) in [6, 6.07) is 11.4. The van der Waals surface area contributed by atoms with Gasteiger partial charge in [-0.05, 0) is 43.4 Å². The largest absolute Gasteiger partial charge is 0.309 e. The summed E-state index contributed by atoms with van der Waals surface area (Å²) < 4.78 is 0.448. The Labute approximate surface area is 122 Å². The lowest BCUT2D eigenvalue weighted by Gasteiger charge is -2.28. The summed E-state index contributed by atoms with van der Waals surface area (Å²) >= 11 is 2.14. The zero-order chi connectivity index (χ0) is 13.7. The Kier molecular flexibility index (Phi) is 5.35. The highest BCUT2D eigenvalue weighted by Gasteiger charge is 2.30. The second kappa shape index (κ2) is 6.81. The maximum Gasteiger partial charge on any atom is 0.0323 e. The minimum Gasteiger partial charge on any atom is -0.309 e. The first-order valence-electron chi connectivity index (χ1n) is 7.51. The molecule has 1 saturated heterocycles. The third-order valence-electron chi connectivity index (χ3n) is 3.93. The molecule has 106 valence electrons. The molecule has 1 aromatic carbocycles. The molecular formula is C17H27NS.